The van der Waals surface area contributed by atoms with E-state index in [0.717, 1.165) is 5.69 Å². The first kappa shape index (κ1) is 15.0. The van der Waals surface area contributed by atoms with Crippen molar-refractivity contribution in [1.29, 1.82) is 5.26 Å². The molecule has 0 bridgehead atoms. The molecule has 0 spiro atoms. The first-order valence-electron chi connectivity index (χ1n) is 6.97. The molecule has 2 atom stereocenters. The van der Waals surface area contributed by atoms with Crippen LogP contribution in [-0.2, 0) is 9.59 Å². The van der Waals surface area contributed by atoms with Crippen LogP contribution in [-0.4, -0.2) is 23.9 Å². The molecule has 110 valence electrons. The Kier molecular flexibility index (Phi) is 3.99. The predicted octanol–water partition coefficient (Wildman–Crippen LogP) is 1.85. The molecular weight excluding hydrogens is 266 g/mol. The molecule has 21 heavy (non-hydrogen) atoms. The third kappa shape index (κ3) is 2.89. The molecule has 1 aromatic rings. The normalized spacial score (nSPS) is 22.0. The van der Waals surface area contributed by atoms with Gasteiger partial charge in [0.25, 0.3) is 0 Å². The maximum Gasteiger partial charge on any atom is 0.249 e. The molecule has 1 aliphatic rings. The predicted molar refractivity (Wildman–Crippen MR) is 79.3 cm³/mol. The standard InChI is InChI=1S/C16H19N3O2/c1-11-9-13(18-15(21)16(2,3)10-17)14(20)19(11)12-7-5-4-6-8-12/h4-8,11,13H,9H2,1-3H3,(H,18,21). The number of carbonyl (C=O) groups is 2. The van der Waals surface area contributed by atoms with E-state index < -0.39 is 17.4 Å². The molecule has 0 saturated carbocycles. The molecule has 1 aromatic carbocycles. The van der Waals surface area contributed by atoms with E-state index in [1.807, 2.05) is 43.3 Å². The molecule has 0 aromatic heterocycles. The number of rotatable bonds is 3. The van der Waals surface area contributed by atoms with Gasteiger partial charge in [0.2, 0.25) is 11.8 Å². The van der Waals surface area contributed by atoms with Gasteiger partial charge in [-0.15, -0.1) is 0 Å². The van der Waals surface area contributed by atoms with Crippen molar-refractivity contribution in [2.45, 2.75) is 39.3 Å². The highest BCUT2D eigenvalue weighted by Crippen LogP contribution is 2.27. The highest BCUT2D eigenvalue weighted by molar-refractivity contribution is 6.02. The number of nitrogens with zero attached hydrogens (tertiary/aromatic N) is 2. The summed E-state index contributed by atoms with van der Waals surface area (Å²) < 4.78 is 0. The lowest BCUT2D eigenvalue weighted by Crippen LogP contribution is -2.46. The maximum absolute atomic E-state index is 12.5. The van der Waals surface area contributed by atoms with Gasteiger partial charge in [0.15, 0.2) is 0 Å². The minimum Gasteiger partial charge on any atom is -0.343 e. The Balaban J connectivity index is 2.14. The summed E-state index contributed by atoms with van der Waals surface area (Å²) in [7, 11) is 0. The molecule has 1 saturated heterocycles. The topological polar surface area (TPSA) is 73.2 Å². The van der Waals surface area contributed by atoms with Crippen LogP contribution in [0.25, 0.3) is 0 Å². The fourth-order valence-electron chi connectivity index (χ4n) is 2.41. The Morgan fingerprint density at radius 2 is 2.00 bits per heavy atom. The second-order valence-corrected chi connectivity index (χ2v) is 5.89. The Hall–Kier alpha value is -2.35. The first-order chi connectivity index (χ1) is 9.86. The highest BCUT2D eigenvalue weighted by Gasteiger charge is 2.40. The van der Waals surface area contributed by atoms with Gasteiger partial charge >= 0.3 is 0 Å². The van der Waals surface area contributed by atoms with E-state index >= 15 is 0 Å². The Morgan fingerprint density at radius 1 is 1.38 bits per heavy atom. The van der Waals surface area contributed by atoms with Crippen LogP contribution in [0.15, 0.2) is 30.3 Å². The molecule has 5 heteroatoms. The molecule has 0 aliphatic carbocycles. The molecule has 1 N–H and O–H groups in total. The van der Waals surface area contributed by atoms with Crippen molar-refractivity contribution in [3.63, 3.8) is 0 Å². The van der Waals surface area contributed by atoms with Crippen molar-refractivity contribution in [3.05, 3.63) is 30.3 Å². The maximum atomic E-state index is 12.5. The van der Waals surface area contributed by atoms with E-state index in [1.165, 1.54) is 0 Å². The number of carbonyl (C=O) groups excluding carboxylic acids is 2. The minimum absolute atomic E-state index is 0.00963. The van der Waals surface area contributed by atoms with Crippen molar-refractivity contribution in [2.24, 2.45) is 5.41 Å². The third-order valence-corrected chi connectivity index (χ3v) is 3.74. The van der Waals surface area contributed by atoms with E-state index in [2.05, 4.69) is 5.32 Å². The summed E-state index contributed by atoms with van der Waals surface area (Å²) in [5, 5.41) is 11.7. The van der Waals surface area contributed by atoms with Gasteiger partial charge in [-0.1, -0.05) is 18.2 Å². The number of anilines is 1. The van der Waals surface area contributed by atoms with Crippen LogP contribution in [0.2, 0.25) is 0 Å². The van der Waals surface area contributed by atoms with E-state index in [9.17, 15) is 9.59 Å². The van der Waals surface area contributed by atoms with Crippen molar-refractivity contribution in [2.75, 3.05) is 4.90 Å². The molecule has 1 heterocycles. The van der Waals surface area contributed by atoms with Gasteiger partial charge in [-0.3, -0.25) is 9.59 Å². The van der Waals surface area contributed by atoms with Crippen LogP contribution in [0.1, 0.15) is 27.2 Å². The first-order valence-corrected chi connectivity index (χ1v) is 6.97. The summed E-state index contributed by atoms with van der Waals surface area (Å²) >= 11 is 0. The lowest BCUT2D eigenvalue weighted by molar-refractivity contribution is -0.130. The minimum atomic E-state index is -1.14. The number of nitriles is 1. The van der Waals surface area contributed by atoms with E-state index in [1.54, 1.807) is 18.7 Å². The number of benzene rings is 1. The average Bonchev–Trinajstić information content (AvgIpc) is 2.74. The molecule has 2 unspecified atom stereocenters. The summed E-state index contributed by atoms with van der Waals surface area (Å²) in [4.78, 5) is 26.2. The summed E-state index contributed by atoms with van der Waals surface area (Å²) in [5.41, 5.74) is -0.310. The summed E-state index contributed by atoms with van der Waals surface area (Å²) in [5.74, 6) is -0.541. The van der Waals surface area contributed by atoms with Crippen LogP contribution in [0.4, 0.5) is 5.69 Å². The van der Waals surface area contributed by atoms with Crippen molar-refractivity contribution in [3.8, 4) is 6.07 Å². The van der Waals surface area contributed by atoms with Crippen molar-refractivity contribution < 1.29 is 9.59 Å². The lowest BCUT2D eigenvalue weighted by atomic mass is 9.94. The monoisotopic (exact) mass is 285 g/mol. The van der Waals surface area contributed by atoms with Gasteiger partial charge in [-0.2, -0.15) is 5.26 Å². The summed E-state index contributed by atoms with van der Waals surface area (Å²) in [6.07, 6.45) is 0.543. The van der Waals surface area contributed by atoms with Crippen LogP contribution in [0, 0.1) is 16.7 Å². The Morgan fingerprint density at radius 3 is 2.57 bits per heavy atom. The summed E-state index contributed by atoms with van der Waals surface area (Å²) in [6.45, 7) is 5.03. The van der Waals surface area contributed by atoms with Gasteiger partial charge < -0.3 is 10.2 Å². The SMILES string of the molecule is CC1CC(NC(=O)C(C)(C)C#N)C(=O)N1c1ccccc1. The van der Waals surface area contributed by atoms with Crippen LogP contribution < -0.4 is 10.2 Å². The zero-order valence-corrected chi connectivity index (χ0v) is 12.5. The van der Waals surface area contributed by atoms with Crippen LogP contribution in [0.3, 0.4) is 0 Å². The van der Waals surface area contributed by atoms with Crippen molar-refractivity contribution in [1.82, 2.24) is 5.32 Å². The molecule has 5 nitrogen and oxygen atoms in total. The molecular formula is C16H19N3O2. The number of nitrogens with one attached hydrogen (secondary N) is 1. The fraction of sp³-hybridized carbons (Fsp3) is 0.438. The van der Waals surface area contributed by atoms with Crippen LogP contribution in [0.5, 0.6) is 0 Å². The Labute approximate surface area is 124 Å². The molecule has 0 radical (unpaired) electrons. The number of hydrogen-bond donors (Lipinski definition) is 1. The van der Waals surface area contributed by atoms with Gasteiger partial charge in [0, 0.05) is 11.7 Å². The zero-order chi connectivity index (χ0) is 15.6. The quantitative estimate of drug-likeness (QED) is 0.921. The molecule has 1 aliphatic heterocycles. The van der Waals surface area contributed by atoms with E-state index in [4.69, 9.17) is 5.26 Å². The van der Waals surface area contributed by atoms with Crippen LogP contribution >= 0.6 is 0 Å². The Bertz CT molecular complexity index is 589. The lowest BCUT2D eigenvalue weighted by Gasteiger charge is -2.22. The van der Waals surface area contributed by atoms with E-state index in [0.29, 0.717) is 6.42 Å². The van der Waals surface area contributed by atoms with Gasteiger partial charge in [-0.05, 0) is 39.3 Å². The van der Waals surface area contributed by atoms with Gasteiger partial charge in [0.05, 0.1) is 6.07 Å². The average molecular weight is 285 g/mol. The molecule has 2 rings (SSSR count). The van der Waals surface area contributed by atoms with Crippen molar-refractivity contribution >= 4 is 17.5 Å². The second kappa shape index (κ2) is 5.57. The molecule has 1 fully saturated rings. The smallest absolute Gasteiger partial charge is 0.249 e. The molecule has 2 amide bonds. The third-order valence-electron chi connectivity index (χ3n) is 3.74. The second-order valence-electron chi connectivity index (χ2n) is 5.89. The van der Waals surface area contributed by atoms with E-state index in [-0.39, 0.29) is 11.9 Å². The van der Waals surface area contributed by atoms with Gasteiger partial charge in [-0.25, -0.2) is 0 Å². The fourth-order valence-corrected chi connectivity index (χ4v) is 2.41. The highest BCUT2D eigenvalue weighted by atomic mass is 16.2. The number of hydrogen-bond acceptors (Lipinski definition) is 3. The number of para-hydroxylation sites is 1. The van der Waals surface area contributed by atoms with Gasteiger partial charge in [0.1, 0.15) is 11.5 Å². The summed E-state index contributed by atoms with van der Waals surface area (Å²) in [6, 6.07) is 10.8. The number of amides is 2. The largest absolute Gasteiger partial charge is 0.343 e. The zero-order valence-electron chi connectivity index (χ0n) is 12.5.